The zero-order valence-corrected chi connectivity index (χ0v) is 8.57. The van der Waals surface area contributed by atoms with E-state index in [0.29, 0.717) is 6.54 Å². The van der Waals surface area contributed by atoms with Gasteiger partial charge in [0, 0.05) is 24.4 Å². The van der Waals surface area contributed by atoms with Gasteiger partial charge in [0.15, 0.2) is 0 Å². The minimum Gasteiger partial charge on any atom is -0.349 e. The molecule has 0 spiro atoms. The van der Waals surface area contributed by atoms with Gasteiger partial charge in [-0.1, -0.05) is 0 Å². The average Bonchev–Trinajstić information content (AvgIpc) is 2.84. The lowest BCUT2D eigenvalue weighted by Crippen LogP contribution is -2.30. The van der Waals surface area contributed by atoms with E-state index >= 15 is 0 Å². The molecule has 2 rings (SSSR count). The molecule has 1 saturated carbocycles. The Labute approximate surface area is 88.5 Å². The van der Waals surface area contributed by atoms with Gasteiger partial charge in [0.05, 0.1) is 6.54 Å². The van der Waals surface area contributed by atoms with E-state index < -0.39 is 0 Å². The van der Waals surface area contributed by atoms with Crippen molar-refractivity contribution in [2.75, 3.05) is 0 Å². The molecular formula is C10H16N4O. The molecule has 1 aliphatic carbocycles. The summed E-state index contributed by atoms with van der Waals surface area (Å²) in [6.45, 7) is 0.470. The van der Waals surface area contributed by atoms with Crippen molar-refractivity contribution in [3.8, 4) is 0 Å². The van der Waals surface area contributed by atoms with Crippen LogP contribution in [0.5, 0.6) is 0 Å². The largest absolute Gasteiger partial charge is 0.349 e. The van der Waals surface area contributed by atoms with Crippen LogP contribution in [0.4, 0.5) is 0 Å². The fourth-order valence-electron chi connectivity index (χ4n) is 1.96. The number of hydrogen-bond donors (Lipinski definition) is 3. The second-order valence-corrected chi connectivity index (χ2v) is 4.02. The highest BCUT2D eigenvalue weighted by Gasteiger charge is 2.27. The first-order valence-electron chi connectivity index (χ1n) is 5.27. The summed E-state index contributed by atoms with van der Waals surface area (Å²) >= 11 is 0. The minimum atomic E-state index is 0.0926. The number of nitrogens with one attached hydrogen (secondary N) is 2. The third kappa shape index (κ3) is 2.56. The quantitative estimate of drug-likeness (QED) is 0.661. The molecule has 1 aromatic rings. The number of rotatable bonds is 3. The van der Waals surface area contributed by atoms with Crippen molar-refractivity contribution in [2.45, 2.75) is 31.8 Å². The van der Waals surface area contributed by atoms with Gasteiger partial charge in [-0.25, -0.2) is 4.98 Å². The average molecular weight is 208 g/mol. The maximum atomic E-state index is 11.7. The van der Waals surface area contributed by atoms with Crippen molar-refractivity contribution in [1.82, 2.24) is 15.3 Å². The van der Waals surface area contributed by atoms with Crippen LogP contribution < -0.4 is 11.1 Å². The first kappa shape index (κ1) is 10.2. The van der Waals surface area contributed by atoms with Gasteiger partial charge in [-0.05, 0) is 19.3 Å². The Morgan fingerprint density at radius 1 is 1.67 bits per heavy atom. The first-order valence-corrected chi connectivity index (χ1v) is 5.27. The Hall–Kier alpha value is -1.36. The van der Waals surface area contributed by atoms with Crippen molar-refractivity contribution in [1.29, 1.82) is 0 Å². The van der Waals surface area contributed by atoms with E-state index in [2.05, 4.69) is 15.3 Å². The Bertz CT molecular complexity index is 322. The molecule has 0 saturated heterocycles. The molecular weight excluding hydrogens is 192 g/mol. The van der Waals surface area contributed by atoms with Gasteiger partial charge >= 0.3 is 0 Å². The predicted octanol–water partition coefficient (Wildman–Crippen LogP) is 0.153. The molecule has 1 fully saturated rings. The second-order valence-electron chi connectivity index (χ2n) is 4.02. The molecule has 1 aromatic heterocycles. The summed E-state index contributed by atoms with van der Waals surface area (Å²) in [6, 6.07) is 0.198. The monoisotopic (exact) mass is 208 g/mol. The number of nitrogens with two attached hydrogens (primary N) is 1. The number of carbonyl (C=O) groups is 1. The van der Waals surface area contributed by atoms with E-state index in [1.165, 1.54) is 0 Å². The topological polar surface area (TPSA) is 83.8 Å². The third-order valence-corrected chi connectivity index (χ3v) is 2.83. The molecule has 1 amide bonds. The van der Waals surface area contributed by atoms with Crippen molar-refractivity contribution >= 4 is 5.91 Å². The van der Waals surface area contributed by atoms with Gasteiger partial charge in [-0.2, -0.15) is 0 Å². The van der Waals surface area contributed by atoms with E-state index in [9.17, 15) is 4.79 Å². The van der Waals surface area contributed by atoms with E-state index in [1.807, 2.05) is 0 Å². The highest BCUT2D eigenvalue weighted by Crippen LogP contribution is 2.23. The van der Waals surface area contributed by atoms with Gasteiger partial charge in [-0.15, -0.1) is 0 Å². The molecule has 82 valence electrons. The number of H-pyrrole nitrogens is 1. The van der Waals surface area contributed by atoms with E-state index in [1.54, 1.807) is 12.4 Å². The van der Waals surface area contributed by atoms with E-state index in [4.69, 9.17) is 5.73 Å². The highest BCUT2D eigenvalue weighted by molar-refractivity contribution is 5.78. The van der Waals surface area contributed by atoms with Gasteiger partial charge in [0.2, 0.25) is 5.91 Å². The summed E-state index contributed by atoms with van der Waals surface area (Å²) in [5.74, 6) is 0.972. The Morgan fingerprint density at radius 2 is 2.53 bits per heavy atom. The fraction of sp³-hybridized carbons (Fsp3) is 0.600. The zero-order valence-electron chi connectivity index (χ0n) is 8.57. The molecule has 0 radical (unpaired) electrons. The number of aromatic amines is 1. The minimum absolute atomic E-state index is 0.0926. The second kappa shape index (κ2) is 4.44. The molecule has 2 atom stereocenters. The summed E-state index contributed by atoms with van der Waals surface area (Å²) in [5, 5.41) is 2.86. The number of hydrogen-bond acceptors (Lipinski definition) is 3. The van der Waals surface area contributed by atoms with Gasteiger partial charge in [0.25, 0.3) is 0 Å². The normalized spacial score (nSPS) is 25.4. The van der Waals surface area contributed by atoms with Crippen molar-refractivity contribution in [3.63, 3.8) is 0 Å². The third-order valence-electron chi connectivity index (χ3n) is 2.83. The van der Waals surface area contributed by atoms with Crippen LogP contribution in [-0.2, 0) is 11.3 Å². The zero-order chi connectivity index (χ0) is 10.7. The lowest BCUT2D eigenvalue weighted by atomic mass is 10.1. The molecule has 2 unspecified atom stereocenters. The predicted molar refractivity (Wildman–Crippen MR) is 55.8 cm³/mol. The Balaban J connectivity index is 1.78. The van der Waals surface area contributed by atoms with Crippen LogP contribution in [0.1, 0.15) is 25.1 Å². The summed E-state index contributed by atoms with van der Waals surface area (Å²) in [6.07, 6.45) is 6.09. The van der Waals surface area contributed by atoms with Gasteiger partial charge < -0.3 is 16.0 Å². The summed E-state index contributed by atoms with van der Waals surface area (Å²) in [5.41, 5.74) is 5.76. The molecule has 0 bridgehead atoms. The van der Waals surface area contributed by atoms with Crippen molar-refractivity contribution in [3.05, 3.63) is 18.2 Å². The first-order chi connectivity index (χ1) is 7.25. The van der Waals surface area contributed by atoms with Crippen LogP contribution in [0.3, 0.4) is 0 Å². The molecule has 1 aliphatic rings. The summed E-state index contributed by atoms with van der Waals surface area (Å²) in [4.78, 5) is 18.7. The summed E-state index contributed by atoms with van der Waals surface area (Å²) in [7, 11) is 0. The molecule has 15 heavy (non-hydrogen) atoms. The fourth-order valence-corrected chi connectivity index (χ4v) is 1.96. The van der Waals surface area contributed by atoms with Crippen LogP contribution in [0, 0.1) is 5.92 Å². The van der Waals surface area contributed by atoms with Gasteiger partial charge in [0.1, 0.15) is 5.82 Å². The summed E-state index contributed by atoms with van der Waals surface area (Å²) < 4.78 is 0. The molecule has 4 N–H and O–H groups in total. The standard InChI is InChI=1S/C10H16N4O/c11-8-2-1-7(5-8)10(15)14-6-9-12-3-4-13-9/h3-4,7-8H,1-2,5-6,11H2,(H,12,13)(H,14,15). The van der Waals surface area contributed by atoms with Crippen LogP contribution in [0.2, 0.25) is 0 Å². The smallest absolute Gasteiger partial charge is 0.223 e. The van der Waals surface area contributed by atoms with E-state index in [0.717, 1.165) is 25.1 Å². The molecule has 5 nitrogen and oxygen atoms in total. The number of carbonyl (C=O) groups excluding carboxylic acids is 1. The SMILES string of the molecule is NC1CCC(C(=O)NCc2ncc[nH]2)C1. The Morgan fingerprint density at radius 3 is 3.13 bits per heavy atom. The molecule has 0 aromatic carbocycles. The number of imidazole rings is 1. The molecule has 0 aliphatic heterocycles. The van der Waals surface area contributed by atoms with Crippen LogP contribution in [0.25, 0.3) is 0 Å². The number of amides is 1. The number of nitrogens with zero attached hydrogens (tertiary/aromatic N) is 1. The number of aromatic nitrogens is 2. The molecule has 5 heteroatoms. The van der Waals surface area contributed by atoms with E-state index in [-0.39, 0.29) is 17.9 Å². The van der Waals surface area contributed by atoms with Crippen molar-refractivity contribution in [2.24, 2.45) is 11.7 Å². The highest BCUT2D eigenvalue weighted by atomic mass is 16.1. The lowest BCUT2D eigenvalue weighted by Gasteiger charge is -2.09. The van der Waals surface area contributed by atoms with Gasteiger partial charge in [-0.3, -0.25) is 4.79 Å². The van der Waals surface area contributed by atoms with Crippen LogP contribution in [-0.4, -0.2) is 21.9 Å². The van der Waals surface area contributed by atoms with Crippen molar-refractivity contribution < 1.29 is 4.79 Å². The maximum Gasteiger partial charge on any atom is 0.223 e. The van der Waals surface area contributed by atoms with Crippen LogP contribution in [0.15, 0.2) is 12.4 Å². The lowest BCUT2D eigenvalue weighted by molar-refractivity contribution is -0.125. The Kier molecular flexibility index (Phi) is 3.01. The van der Waals surface area contributed by atoms with Crippen LogP contribution >= 0.6 is 0 Å². The maximum absolute atomic E-state index is 11.7. The molecule has 1 heterocycles.